The van der Waals surface area contributed by atoms with E-state index in [2.05, 4.69) is 10.6 Å². The third kappa shape index (κ3) is 6.87. The number of benzene rings is 2. The molecule has 6 nitrogen and oxygen atoms in total. The van der Waals surface area contributed by atoms with Gasteiger partial charge in [-0.2, -0.15) is 0 Å². The summed E-state index contributed by atoms with van der Waals surface area (Å²) in [4.78, 5) is 24.6. The Bertz CT molecular complexity index is 766. The standard InChI is InChI=1S/C21H25ClN2O4/c1-14(2)20(24-19(26)13-28-17-6-4-3-5-7-17)21(27)23-12-18(25)15-8-10-16(22)11-9-15/h3-11,14,18,20,25H,12-13H2,1-2H3,(H,23,27)(H,24,26). The molecule has 150 valence electrons. The molecule has 0 fully saturated rings. The topological polar surface area (TPSA) is 87.7 Å². The van der Waals surface area contributed by atoms with Gasteiger partial charge in [0.15, 0.2) is 6.61 Å². The van der Waals surface area contributed by atoms with E-state index in [1.54, 1.807) is 36.4 Å². The largest absolute Gasteiger partial charge is 0.484 e. The monoisotopic (exact) mass is 404 g/mol. The first-order chi connectivity index (χ1) is 13.4. The number of amides is 2. The molecule has 0 aliphatic carbocycles. The van der Waals surface area contributed by atoms with Gasteiger partial charge in [-0.3, -0.25) is 9.59 Å². The van der Waals surface area contributed by atoms with Crippen LogP contribution in [-0.2, 0) is 9.59 Å². The summed E-state index contributed by atoms with van der Waals surface area (Å²) in [6, 6.07) is 15.0. The van der Waals surface area contributed by atoms with Gasteiger partial charge >= 0.3 is 0 Å². The highest BCUT2D eigenvalue weighted by atomic mass is 35.5. The van der Waals surface area contributed by atoms with Crippen molar-refractivity contribution < 1.29 is 19.4 Å². The minimum absolute atomic E-state index is 0.0278. The van der Waals surface area contributed by atoms with E-state index in [1.807, 2.05) is 32.0 Å². The first-order valence-electron chi connectivity index (χ1n) is 9.05. The Morgan fingerprint density at radius 3 is 2.32 bits per heavy atom. The van der Waals surface area contributed by atoms with Crippen LogP contribution in [0.3, 0.4) is 0 Å². The molecule has 2 amide bonds. The molecule has 2 aromatic rings. The number of nitrogens with one attached hydrogen (secondary N) is 2. The van der Waals surface area contributed by atoms with Gasteiger partial charge in [0.2, 0.25) is 5.91 Å². The summed E-state index contributed by atoms with van der Waals surface area (Å²) >= 11 is 5.83. The molecule has 0 saturated heterocycles. The van der Waals surface area contributed by atoms with E-state index in [9.17, 15) is 14.7 Å². The molecule has 2 unspecified atom stereocenters. The Morgan fingerprint density at radius 2 is 1.71 bits per heavy atom. The molecule has 0 bridgehead atoms. The fourth-order valence-corrected chi connectivity index (χ4v) is 2.65. The van der Waals surface area contributed by atoms with Gasteiger partial charge in [-0.1, -0.05) is 55.8 Å². The Hall–Kier alpha value is -2.57. The van der Waals surface area contributed by atoms with Crippen LogP contribution in [0, 0.1) is 5.92 Å². The van der Waals surface area contributed by atoms with E-state index in [1.165, 1.54) is 0 Å². The Labute approximate surface area is 169 Å². The summed E-state index contributed by atoms with van der Waals surface area (Å²) in [6.45, 7) is 3.50. The Balaban J connectivity index is 1.85. The first kappa shape index (κ1) is 21.7. The Morgan fingerprint density at radius 1 is 1.07 bits per heavy atom. The zero-order chi connectivity index (χ0) is 20.5. The minimum atomic E-state index is -0.869. The van der Waals surface area contributed by atoms with E-state index in [0.29, 0.717) is 16.3 Å². The van der Waals surface area contributed by atoms with Crippen molar-refractivity contribution in [3.8, 4) is 5.75 Å². The van der Waals surface area contributed by atoms with Crippen molar-refractivity contribution >= 4 is 23.4 Å². The van der Waals surface area contributed by atoms with Crippen LogP contribution in [0.4, 0.5) is 0 Å². The highest BCUT2D eigenvalue weighted by Crippen LogP contribution is 2.16. The number of halogens is 1. The second kappa shape index (κ2) is 10.7. The normalized spacial score (nSPS) is 12.9. The zero-order valence-electron chi connectivity index (χ0n) is 15.9. The zero-order valence-corrected chi connectivity index (χ0v) is 16.6. The summed E-state index contributed by atoms with van der Waals surface area (Å²) in [7, 11) is 0. The number of para-hydroxylation sites is 1. The van der Waals surface area contributed by atoms with Crippen LogP contribution in [0.25, 0.3) is 0 Å². The van der Waals surface area contributed by atoms with Crippen LogP contribution < -0.4 is 15.4 Å². The number of aliphatic hydroxyl groups excluding tert-OH is 1. The maximum atomic E-state index is 12.5. The molecular weight excluding hydrogens is 380 g/mol. The smallest absolute Gasteiger partial charge is 0.258 e. The fraction of sp³-hybridized carbons (Fsp3) is 0.333. The molecule has 2 atom stereocenters. The third-order valence-corrected chi connectivity index (χ3v) is 4.36. The lowest BCUT2D eigenvalue weighted by Crippen LogP contribution is -2.51. The van der Waals surface area contributed by atoms with Crippen LogP contribution in [0.15, 0.2) is 54.6 Å². The van der Waals surface area contributed by atoms with Crippen molar-refractivity contribution in [2.75, 3.05) is 13.2 Å². The highest BCUT2D eigenvalue weighted by Gasteiger charge is 2.24. The molecule has 0 aromatic heterocycles. The van der Waals surface area contributed by atoms with Crippen molar-refractivity contribution in [3.05, 3.63) is 65.2 Å². The molecule has 0 radical (unpaired) electrons. The van der Waals surface area contributed by atoms with Crippen LogP contribution in [0.1, 0.15) is 25.5 Å². The van der Waals surface area contributed by atoms with E-state index in [4.69, 9.17) is 16.3 Å². The van der Waals surface area contributed by atoms with Crippen LogP contribution in [0.2, 0.25) is 5.02 Å². The predicted octanol–water partition coefficient (Wildman–Crippen LogP) is 2.71. The number of rotatable bonds is 9. The molecule has 2 aromatic carbocycles. The van der Waals surface area contributed by atoms with Gasteiger partial charge in [0.05, 0.1) is 6.10 Å². The van der Waals surface area contributed by atoms with E-state index in [-0.39, 0.29) is 25.0 Å². The molecule has 0 aliphatic heterocycles. The van der Waals surface area contributed by atoms with Crippen molar-refractivity contribution in [2.24, 2.45) is 5.92 Å². The molecule has 7 heteroatoms. The Kier molecular flexibility index (Phi) is 8.29. The number of ether oxygens (including phenoxy) is 1. The SMILES string of the molecule is CC(C)C(NC(=O)COc1ccccc1)C(=O)NCC(O)c1ccc(Cl)cc1. The number of carbonyl (C=O) groups excluding carboxylic acids is 2. The van der Waals surface area contributed by atoms with E-state index >= 15 is 0 Å². The van der Waals surface area contributed by atoms with Gasteiger partial charge in [0, 0.05) is 11.6 Å². The quantitative estimate of drug-likeness (QED) is 0.599. The molecule has 2 rings (SSSR count). The maximum absolute atomic E-state index is 12.5. The second-order valence-corrected chi connectivity index (χ2v) is 7.14. The third-order valence-electron chi connectivity index (χ3n) is 4.10. The molecular formula is C21H25ClN2O4. The molecule has 0 aliphatic rings. The molecule has 3 N–H and O–H groups in total. The number of carbonyl (C=O) groups is 2. The van der Waals surface area contributed by atoms with Crippen LogP contribution in [-0.4, -0.2) is 36.1 Å². The van der Waals surface area contributed by atoms with Crippen LogP contribution >= 0.6 is 11.6 Å². The van der Waals surface area contributed by atoms with Gasteiger partial charge in [-0.25, -0.2) is 0 Å². The number of aliphatic hydroxyl groups is 1. The van der Waals surface area contributed by atoms with E-state index in [0.717, 1.165) is 0 Å². The lowest BCUT2D eigenvalue weighted by Gasteiger charge is -2.22. The van der Waals surface area contributed by atoms with Crippen molar-refractivity contribution in [1.82, 2.24) is 10.6 Å². The summed E-state index contributed by atoms with van der Waals surface area (Å²) in [6.07, 6.45) is -0.869. The van der Waals surface area contributed by atoms with Crippen LogP contribution in [0.5, 0.6) is 5.75 Å². The van der Waals surface area contributed by atoms with E-state index < -0.39 is 18.1 Å². The molecule has 0 saturated carbocycles. The maximum Gasteiger partial charge on any atom is 0.258 e. The van der Waals surface area contributed by atoms with Gasteiger partial charge in [-0.05, 0) is 35.7 Å². The summed E-state index contributed by atoms with van der Waals surface area (Å²) in [5, 5.41) is 16.1. The molecule has 0 heterocycles. The summed E-state index contributed by atoms with van der Waals surface area (Å²) < 4.78 is 5.40. The summed E-state index contributed by atoms with van der Waals surface area (Å²) in [5.74, 6) is -0.310. The van der Waals surface area contributed by atoms with Gasteiger partial charge in [0.1, 0.15) is 11.8 Å². The summed E-state index contributed by atoms with van der Waals surface area (Å²) in [5.41, 5.74) is 0.645. The average Bonchev–Trinajstić information content (AvgIpc) is 2.69. The number of hydrogen-bond donors (Lipinski definition) is 3. The molecule has 28 heavy (non-hydrogen) atoms. The predicted molar refractivity (Wildman–Crippen MR) is 108 cm³/mol. The van der Waals surface area contributed by atoms with Crippen molar-refractivity contribution in [3.63, 3.8) is 0 Å². The minimum Gasteiger partial charge on any atom is -0.484 e. The fourth-order valence-electron chi connectivity index (χ4n) is 2.53. The second-order valence-electron chi connectivity index (χ2n) is 6.70. The van der Waals surface area contributed by atoms with Gasteiger partial charge in [-0.15, -0.1) is 0 Å². The first-order valence-corrected chi connectivity index (χ1v) is 9.43. The van der Waals surface area contributed by atoms with Crippen molar-refractivity contribution in [1.29, 1.82) is 0 Å². The average molecular weight is 405 g/mol. The number of hydrogen-bond acceptors (Lipinski definition) is 4. The lowest BCUT2D eigenvalue weighted by atomic mass is 10.0. The highest BCUT2D eigenvalue weighted by molar-refractivity contribution is 6.30. The molecule has 0 spiro atoms. The van der Waals surface area contributed by atoms with Gasteiger partial charge < -0.3 is 20.5 Å². The van der Waals surface area contributed by atoms with Crippen molar-refractivity contribution in [2.45, 2.75) is 26.0 Å². The van der Waals surface area contributed by atoms with Gasteiger partial charge in [0.25, 0.3) is 5.91 Å². The lowest BCUT2D eigenvalue weighted by molar-refractivity contribution is -0.131.